The number of amides is 1. The second-order valence-corrected chi connectivity index (χ2v) is 6.28. The van der Waals surface area contributed by atoms with Gasteiger partial charge in [0.25, 0.3) is 0 Å². The Morgan fingerprint density at radius 1 is 1.32 bits per heavy atom. The van der Waals surface area contributed by atoms with Crippen LogP contribution in [0.2, 0.25) is 0 Å². The van der Waals surface area contributed by atoms with Gasteiger partial charge in [-0.2, -0.15) is 0 Å². The fraction of sp³-hybridized carbons (Fsp3) is 0.611. The van der Waals surface area contributed by atoms with Crippen molar-refractivity contribution < 1.29 is 9.53 Å². The number of hydrogen-bond donors (Lipinski definition) is 1. The Labute approximate surface area is 133 Å². The molecule has 2 N–H and O–H groups in total. The van der Waals surface area contributed by atoms with E-state index in [4.69, 9.17) is 10.5 Å². The second kappa shape index (κ2) is 7.75. The molecule has 1 aliphatic heterocycles. The van der Waals surface area contributed by atoms with Crippen LogP contribution in [0.25, 0.3) is 0 Å². The summed E-state index contributed by atoms with van der Waals surface area (Å²) in [4.78, 5) is 14.8. The summed E-state index contributed by atoms with van der Waals surface area (Å²) in [7, 11) is 0. The molecule has 4 nitrogen and oxygen atoms in total. The molecule has 0 aliphatic carbocycles. The standard InChI is InChI=1S/C18H28N2O2/c1-3-14-22-16-10-7-12-20(13-11-16)17(21)18(2,19)15-8-5-4-6-9-15/h4-6,8-9,16H,3,7,10-14,19H2,1-2H3. The number of nitrogens with two attached hydrogens (primary N) is 1. The van der Waals surface area contributed by atoms with Gasteiger partial charge in [-0.25, -0.2) is 0 Å². The number of benzene rings is 1. The number of likely N-dealkylation sites (tertiary alicyclic amines) is 1. The molecule has 0 saturated carbocycles. The Morgan fingerprint density at radius 3 is 2.73 bits per heavy atom. The van der Waals surface area contributed by atoms with E-state index in [0.717, 1.165) is 50.9 Å². The molecule has 0 bridgehead atoms. The minimum Gasteiger partial charge on any atom is -0.378 e. The van der Waals surface area contributed by atoms with Crippen LogP contribution in [-0.4, -0.2) is 36.6 Å². The van der Waals surface area contributed by atoms with Gasteiger partial charge in [0.05, 0.1) is 6.10 Å². The lowest BCUT2D eigenvalue weighted by atomic mass is 9.91. The SMILES string of the molecule is CCCOC1CCCN(C(=O)C(C)(N)c2ccccc2)CC1. The van der Waals surface area contributed by atoms with Crippen molar-refractivity contribution in [3.8, 4) is 0 Å². The smallest absolute Gasteiger partial charge is 0.246 e. The number of ether oxygens (including phenoxy) is 1. The number of carbonyl (C=O) groups excluding carboxylic acids is 1. The van der Waals surface area contributed by atoms with Crippen molar-refractivity contribution in [2.45, 2.75) is 51.2 Å². The van der Waals surface area contributed by atoms with Gasteiger partial charge in [0, 0.05) is 19.7 Å². The van der Waals surface area contributed by atoms with Crippen molar-refractivity contribution in [3.05, 3.63) is 35.9 Å². The zero-order chi connectivity index (χ0) is 16.0. The maximum atomic E-state index is 12.9. The van der Waals surface area contributed by atoms with Crippen molar-refractivity contribution >= 4 is 5.91 Å². The summed E-state index contributed by atoms with van der Waals surface area (Å²) in [5, 5.41) is 0. The van der Waals surface area contributed by atoms with Gasteiger partial charge in [0.1, 0.15) is 5.54 Å². The summed E-state index contributed by atoms with van der Waals surface area (Å²) in [6.45, 7) is 6.22. The largest absolute Gasteiger partial charge is 0.378 e. The van der Waals surface area contributed by atoms with Crippen molar-refractivity contribution in [1.82, 2.24) is 4.90 Å². The monoisotopic (exact) mass is 304 g/mol. The van der Waals surface area contributed by atoms with Crippen LogP contribution in [0.4, 0.5) is 0 Å². The Bertz CT molecular complexity index is 473. The lowest BCUT2D eigenvalue weighted by Gasteiger charge is -2.31. The lowest BCUT2D eigenvalue weighted by Crippen LogP contribution is -2.51. The minimum atomic E-state index is -0.967. The molecule has 1 aromatic rings. The van der Waals surface area contributed by atoms with E-state index in [1.165, 1.54) is 0 Å². The summed E-state index contributed by atoms with van der Waals surface area (Å²) in [6, 6.07) is 9.62. The van der Waals surface area contributed by atoms with Crippen LogP contribution in [0.15, 0.2) is 30.3 Å². The zero-order valence-electron chi connectivity index (χ0n) is 13.8. The maximum Gasteiger partial charge on any atom is 0.246 e. The molecule has 0 aromatic heterocycles. The van der Waals surface area contributed by atoms with E-state index in [-0.39, 0.29) is 12.0 Å². The average molecular weight is 304 g/mol. The van der Waals surface area contributed by atoms with Gasteiger partial charge in [0.15, 0.2) is 0 Å². The molecule has 1 fully saturated rings. The van der Waals surface area contributed by atoms with Gasteiger partial charge in [-0.05, 0) is 38.2 Å². The highest BCUT2D eigenvalue weighted by atomic mass is 16.5. The first-order valence-electron chi connectivity index (χ1n) is 8.31. The number of carbonyl (C=O) groups is 1. The van der Waals surface area contributed by atoms with E-state index in [9.17, 15) is 4.79 Å². The second-order valence-electron chi connectivity index (χ2n) is 6.28. The maximum absolute atomic E-state index is 12.9. The molecule has 0 spiro atoms. The summed E-state index contributed by atoms with van der Waals surface area (Å²) >= 11 is 0. The van der Waals surface area contributed by atoms with Crippen LogP contribution < -0.4 is 5.73 Å². The van der Waals surface area contributed by atoms with Gasteiger partial charge in [-0.3, -0.25) is 4.79 Å². The summed E-state index contributed by atoms with van der Waals surface area (Å²) < 4.78 is 5.84. The number of hydrogen-bond acceptors (Lipinski definition) is 3. The molecule has 0 radical (unpaired) electrons. The number of rotatable bonds is 5. The summed E-state index contributed by atoms with van der Waals surface area (Å²) in [6.07, 6.45) is 4.21. The molecule has 2 unspecified atom stereocenters. The molecule has 2 atom stereocenters. The first-order valence-corrected chi connectivity index (χ1v) is 8.31. The van der Waals surface area contributed by atoms with Gasteiger partial charge in [-0.1, -0.05) is 37.3 Å². The van der Waals surface area contributed by atoms with Crippen molar-refractivity contribution in [1.29, 1.82) is 0 Å². The van der Waals surface area contributed by atoms with E-state index in [1.807, 2.05) is 35.2 Å². The fourth-order valence-corrected chi connectivity index (χ4v) is 2.96. The van der Waals surface area contributed by atoms with E-state index in [2.05, 4.69) is 6.92 Å². The van der Waals surface area contributed by atoms with Crippen LogP contribution in [0.3, 0.4) is 0 Å². The Kier molecular flexibility index (Phi) is 5.98. The van der Waals surface area contributed by atoms with E-state index in [0.29, 0.717) is 0 Å². The molecule has 1 amide bonds. The highest BCUT2D eigenvalue weighted by Crippen LogP contribution is 2.23. The van der Waals surface area contributed by atoms with E-state index in [1.54, 1.807) is 6.92 Å². The van der Waals surface area contributed by atoms with Crippen molar-refractivity contribution in [2.75, 3.05) is 19.7 Å². The van der Waals surface area contributed by atoms with E-state index >= 15 is 0 Å². The third kappa shape index (κ3) is 4.08. The molecular weight excluding hydrogens is 276 g/mol. The molecular formula is C18H28N2O2. The lowest BCUT2D eigenvalue weighted by molar-refractivity contribution is -0.136. The Hall–Kier alpha value is -1.39. The Morgan fingerprint density at radius 2 is 2.05 bits per heavy atom. The average Bonchev–Trinajstić information content (AvgIpc) is 2.78. The predicted molar refractivity (Wildman–Crippen MR) is 88.4 cm³/mol. The van der Waals surface area contributed by atoms with E-state index < -0.39 is 5.54 Å². The van der Waals surface area contributed by atoms with Gasteiger partial charge >= 0.3 is 0 Å². The molecule has 1 saturated heterocycles. The van der Waals surface area contributed by atoms with Crippen molar-refractivity contribution in [2.24, 2.45) is 5.73 Å². The molecule has 2 rings (SSSR count). The molecule has 1 aromatic carbocycles. The highest BCUT2D eigenvalue weighted by molar-refractivity contribution is 5.87. The fourth-order valence-electron chi connectivity index (χ4n) is 2.96. The van der Waals surface area contributed by atoms with Crippen molar-refractivity contribution in [3.63, 3.8) is 0 Å². The molecule has 4 heteroatoms. The predicted octanol–water partition coefficient (Wildman–Crippen LogP) is 2.67. The topological polar surface area (TPSA) is 55.6 Å². The number of nitrogens with zero attached hydrogens (tertiary/aromatic N) is 1. The van der Waals surface area contributed by atoms with Crippen LogP contribution in [-0.2, 0) is 15.1 Å². The normalized spacial score (nSPS) is 22.0. The van der Waals surface area contributed by atoms with Gasteiger partial charge in [-0.15, -0.1) is 0 Å². The summed E-state index contributed by atoms with van der Waals surface area (Å²) in [5.74, 6) is 0.00911. The molecule has 122 valence electrons. The zero-order valence-corrected chi connectivity index (χ0v) is 13.8. The molecule has 1 aliphatic rings. The third-order valence-corrected chi connectivity index (χ3v) is 4.34. The quantitative estimate of drug-likeness (QED) is 0.910. The van der Waals surface area contributed by atoms with Crippen LogP contribution in [0.5, 0.6) is 0 Å². The highest BCUT2D eigenvalue weighted by Gasteiger charge is 2.35. The minimum absolute atomic E-state index is 0.00911. The molecule has 22 heavy (non-hydrogen) atoms. The van der Waals surface area contributed by atoms with Crippen LogP contribution >= 0.6 is 0 Å². The summed E-state index contributed by atoms with van der Waals surface area (Å²) in [5.41, 5.74) is 6.25. The van der Waals surface area contributed by atoms with Gasteiger partial charge < -0.3 is 15.4 Å². The Balaban J connectivity index is 2.00. The van der Waals surface area contributed by atoms with Crippen LogP contribution in [0.1, 0.15) is 45.1 Å². The third-order valence-electron chi connectivity index (χ3n) is 4.34. The molecule has 1 heterocycles. The first kappa shape index (κ1) is 17.0. The van der Waals surface area contributed by atoms with Crippen LogP contribution in [0, 0.1) is 0 Å². The van der Waals surface area contributed by atoms with Gasteiger partial charge in [0.2, 0.25) is 5.91 Å². The first-order chi connectivity index (χ1) is 10.6.